The summed E-state index contributed by atoms with van der Waals surface area (Å²) in [7, 11) is 0. The highest BCUT2D eigenvalue weighted by molar-refractivity contribution is 5.77. The molecule has 27 heavy (non-hydrogen) atoms. The normalized spacial score (nSPS) is 10.8. The zero-order valence-corrected chi connectivity index (χ0v) is 14.3. The van der Waals surface area contributed by atoms with Crippen molar-refractivity contribution in [2.24, 2.45) is 0 Å². The molecule has 4 aromatic rings. The number of aromatic nitrogens is 5. The third kappa shape index (κ3) is 3.45. The molecule has 0 atom stereocenters. The van der Waals surface area contributed by atoms with Gasteiger partial charge in [-0.05, 0) is 24.3 Å². The van der Waals surface area contributed by atoms with Gasteiger partial charge in [0, 0.05) is 30.7 Å². The first-order valence-corrected chi connectivity index (χ1v) is 8.37. The maximum absolute atomic E-state index is 12.2. The van der Waals surface area contributed by atoms with Gasteiger partial charge in [0.25, 0.3) is 0 Å². The smallest absolute Gasteiger partial charge is 0.347 e. The molecule has 4 rings (SSSR count). The number of benzene rings is 1. The second-order valence-corrected chi connectivity index (χ2v) is 5.90. The lowest BCUT2D eigenvalue weighted by molar-refractivity contribution is -0.121. The van der Waals surface area contributed by atoms with E-state index in [0.717, 1.165) is 16.6 Å². The number of imidazole rings is 1. The van der Waals surface area contributed by atoms with E-state index in [1.165, 1.54) is 17.0 Å². The maximum Gasteiger partial charge on any atom is 0.347 e. The molecule has 3 aromatic heterocycles. The Hall–Kier alpha value is -3.81. The van der Waals surface area contributed by atoms with Gasteiger partial charge in [0.1, 0.15) is 18.7 Å². The van der Waals surface area contributed by atoms with Crippen LogP contribution in [0.1, 0.15) is 5.56 Å². The van der Waals surface area contributed by atoms with E-state index in [0.29, 0.717) is 5.82 Å². The number of rotatable bonds is 5. The molecule has 0 saturated carbocycles. The van der Waals surface area contributed by atoms with Crippen LogP contribution in [0.5, 0.6) is 0 Å². The van der Waals surface area contributed by atoms with Gasteiger partial charge in [-0.25, -0.2) is 19.7 Å². The van der Waals surface area contributed by atoms with Crippen LogP contribution >= 0.6 is 0 Å². The van der Waals surface area contributed by atoms with E-state index in [1.807, 2.05) is 41.0 Å². The van der Waals surface area contributed by atoms with Crippen LogP contribution in [0.4, 0.5) is 0 Å². The number of nitrogens with zero attached hydrogens (tertiary/aromatic N) is 5. The lowest BCUT2D eigenvalue weighted by atomic mass is 10.2. The van der Waals surface area contributed by atoms with Crippen molar-refractivity contribution in [1.82, 2.24) is 29.4 Å². The van der Waals surface area contributed by atoms with Gasteiger partial charge < -0.3 is 5.32 Å². The van der Waals surface area contributed by atoms with E-state index in [9.17, 15) is 9.59 Å². The molecule has 134 valence electrons. The summed E-state index contributed by atoms with van der Waals surface area (Å²) in [6.07, 6.45) is 6.34. The zero-order chi connectivity index (χ0) is 18.6. The molecule has 0 fully saturated rings. The molecular weight excluding hydrogens is 344 g/mol. The minimum atomic E-state index is -0.459. The molecule has 0 spiro atoms. The Morgan fingerprint density at radius 2 is 1.85 bits per heavy atom. The minimum Gasteiger partial charge on any atom is -0.350 e. The first-order chi connectivity index (χ1) is 13.2. The largest absolute Gasteiger partial charge is 0.350 e. The second-order valence-electron chi connectivity index (χ2n) is 5.90. The average molecular weight is 360 g/mol. The first-order valence-electron chi connectivity index (χ1n) is 8.37. The summed E-state index contributed by atoms with van der Waals surface area (Å²) in [4.78, 5) is 36.3. The number of fused-ring (bicyclic) bond motifs is 1. The number of nitrogens with one attached hydrogen (secondary N) is 1. The molecule has 0 aliphatic heterocycles. The molecule has 8 heteroatoms. The molecule has 1 N–H and O–H groups in total. The monoisotopic (exact) mass is 360 g/mol. The molecule has 3 heterocycles. The van der Waals surface area contributed by atoms with Crippen molar-refractivity contribution in [2.45, 2.75) is 13.1 Å². The molecule has 0 radical (unpaired) electrons. The lowest BCUT2D eigenvalue weighted by Crippen LogP contribution is -2.32. The molecule has 1 aromatic carbocycles. The van der Waals surface area contributed by atoms with E-state index in [1.54, 1.807) is 18.6 Å². The van der Waals surface area contributed by atoms with E-state index in [4.69, 9.17) is 0 Å². The van der Waals surface area contributed by atoms with E-state index < -0.39 is 5.69 Å². The van der Waals surface area contributed by atoms with Crippen molar-refractivity contribution >= 4 is 16.9 Å². The van der Waals surface area contributed by atoms with Crippen molar-refractivity contribution in [3.8, 4) is 5.82 Å². The quantitative estimate of drug-likeness (QED) is 0.579. The summed E-state index contributed by atoms with van der Waals surface area (Å²) in [5, 5.41) is 2.82. The Morgan fingerprint density at radius 1 is 1.00 bits per heavy atom. The summed E-state index contributed by atoms with van der Waals surface area (Å²) >= 11 is 0. The van der Waals surface area contributed by atoms with Gasteiger partial charge in [-0.1, -0.05) is 18.2 Å². The standard InChI is InChI=1S/C19H16N6O2/c26-17(12-24-10-4-9-21-19(24)27)22-11-14-5-3-8-20-18(14)25-13-23-15-6-1-2-7-16(15)25/h1-10,13H,11-12H2,(H,22,26). The third-order valence-electron chi connectivity index (χ3n) is 4.12. The predicted octanol–water partition coefficient (Wildman–Crippen LogP) is 1.29. The molecule has 0 aliphatic carbocycles. The number of pyridine rings is 1. The zero-order valence-electron chi connectivity index (χ0n) is 14.3. The lowest BCUT2D eigenvalue weighted by Gasteiger charge is -2.11. The van der Waals surface area contributed by atoms with Crippen molar-refractivity contribution in [2.75, 3.05) is 0 Å². The highest BCUT2D eigenvalue weighted by Crippen LogP contribution is 2.19. The molecule has 1 amide bonds. The number of para-hydroxylation sites is 2. The maximum atomic E-state index is 12.2. The summed E-state index contributed by atoms with van der Waals surface area (Å²) in [6, 6.07) is 13.1. The summed E-state index contributed by atoms with van der Waals surface area (Å²) < 4.78 is 3.14. The fourth-order valence-corrected chi connectivity index (χ4v) is 2.82. The van der Waals surface area contributed by atoms with E-state index in [-0.39, 0.29) is 19.0 Å². The fraction of sp³-hybridized carbons (Fsp3) is 0.105. The van der Waals surface area contributed by atoms with Crippen LogP contribution < -0.4 is 11.0 Å². The predicted molar refractivity (Wildman–Crippen MR) is 99.2 cm³/mol. The van der Waals surface area contributed by atoms with Gasteiger partial charge in [0.15, 0.2) is 0 Å². The highest BCUT2D eigenvalue weighted by atomic mass is 16.2. The Kier molecular flexibility index (Phi) is 4.44. The van der Waals surface area contributed by atoms with E-state index >= 15 is 0 Å². The van der Waals surface area contributed by atoms with Crippen LogP contribution in [0.15, 0.2) is 72.2 Å². The fourth-order valence-electron chi connectivity index (χ4n) is 2.82. The van der Waals surface area contributed by atoms with Gasteiger partial charge in [-0.3, -0.25) is 13.9 Å². The van der Waals surface area contributed by atoms with Crippen molar-refractivity contribution in [3.05, 3.63) is 83.4 Å². The van der Waals surface area contributed by atoms with Crippen LogP contribution in [0.2, 0.25) is 0 Å². The molecule has 0 unspecified atom stereocenters. The molecule has 0 bridgehead atoms. The summed E-state index contributed by atoms with van der Waals surface area (Å²) in [5.74, 6) is 0.417. The van der Waals surface area contributed by atoms with Gasteiger partial charge in [0.05, 0.1) is 11.0 Å². The Balaban J connectivity index is 1.55. The summed E-state index contributed by atoms with van der Waals surface area (Å²) in [6.45, 7) is 0.194. The second kappa shape index (κ2) is 7.20. The third-order valence-corrected chi connectivity index (χ3v) is 4.12. The number of hydrogen-bond donors (Lipinski definition) is 1. The van der Waals surface area contributed by atoms with Crippen molar-refractivity contribution < 1.29 is 4.79 Å². The SMILES string of the molecule is O=C(Cn1cccnc1=O)NCc1cccnc1-n1cnc2ccccc21. The topological polar surface area (TPSA) is 94.7 Å². The molecule has 0 aliphatic rings. The van der Waals surface area contributed by atoms with E-state index in [2.05, 4.69) is 20.3 Å². The number of carbonyl (C=O) groups is 1. The van der Waals surface area contributed by atoms with Gasteiger partial charge in [-0.15, -0.1) is 0 Å². The minimum absolute atomic E-state index is 0.0870. The Morgan fingerprint density at radius 3 is 2.74 bits per heavy atom. The van der Waals surface area contributed by atoms with Gasteiger partial charge >= 0.3 is 5.69 Å². The Labute approximate surface area is 154 Å². The average Bonchev–Trinajstić information content (AvgIpc) is 3.12. The van der Waals surface area contributed by atoms with Crippen molar-refractivity contribution in [3.63, 3.8) is 0 Å². The van der Waals surface area contributed by atoms with Gasteiger partial charge in [0.2, 0.25) is 5.91 Å². The highest BCUT2D eigenvalue weighted by Gasteiger charge is 2.11. The number of carbonyl (C=O) groups excluding carboxylic acids is 1. The Bertz CT molecular complexity index is 1160. The molecule has 8 nitrogen and oxygen atoms in total. The van der Waals surface area contributed by atoms with Crippen LogP contribution in [-0.2, 0) is 17.9 Å². The van der Waals surface area contributed by atoms with Crippen LogP contribution in [0.3, 0.4) is 0 Å². The van der Waals surface area contributed by atoms with Gasteiger partial charge in [-0.2, -0.15) is 0 Å². The van der Waals surface area contributed by atoms with Crippen molar-refractivity contribution in [1.29, 1.82) is 0 Å². The van der Waals surface area contributed by atoms with Crippen LogP contribution in [0, 0.1) is 0 Å². The first kappa shape index (κ1) is 16.6. The van der Waals surface area contributed by atoms with Crippen LogP contribution in [-0.4, -0.2) is 30.0 Å². The summed E-state index contributed by atoms with van der Waals surface area (Å²) in [5.41, 5.74) is 2.19. The molecular formula is C19H16N6O2. The van der Waals surface area contributed by atoms with Crippen LogP contribution in [0.25, 0.3) is 16.9 Å². The number of amides is 1. The molecule has 0 saturated heterocycles. The number of hydrogen-bond acceptors (Lipinski definition) is 5.